The standard InChI is InChI=1S/C6H8F2S/c1-4(7)3-6(9)5(2)8/h3,9H,1-2H3/b4-3+,6-5-. The monoisotopic (exact) mass is 150 g/mol. The second-order valence-corrected chi connectivity index (χ2v) is 2.13. The fourth-order valence-electron chi connectivity index (χ4n) is 0.288. The molecule has 9 heavy (non-hydrogen) atoms. The molecule has 0 saturated heterocycles. The van der Waals surface area contributed by atoms with Gasteiger partial charge in [0.1, 0.15) is 5.83 Å². The predicted octanol–water partition coefficient (Wildman–Crippen LogP) is 2.99. The topological polar surface area (TPSA) is 0 Å². The molecule has 0 aliphatic rings. The van der Waals surface area contributed by atoms with Crippen LogP contribution in [0.15, 0.2) is 22.6 Å². The summed E-state index contributed by atoms with van der Waals surface area (Å²) < 4.78 is 24.0. The van der Waals surface area contributed by atoms with Gasteiger partial charge in [-0.3, -0.25) is 0 Å². The second-order valence-electron chi connectivity index (χ2n) is 1.65. The maximum absolute atomic E-state index is 12.0. The highest BCUT2D eigenvalue weighted by Gasteiger charge is 1.91. The maximum atomic E-state index is 12.0. The largest absolute Gasteiger partial charge is 0.212 e. The zero-order valence-corrected chi connectivity index (χ0v) is 6.17. The van der Waals surface area contributed by atoms with Gasteiger partial charge in [-0.15, -0.1) is 12.6 Å². The van der Waals surface area contributed by atoms with Crippen molar-refractivity contribution in [2.45, 2.75) is 13.8 Å². The molecule has 0 rings (SSSR count). The van der Waals surface area contributed by atoms with Crippen molar-refractivity contribution in [3.63, 3.8) is 0 Å². The highest BCUT2D eigenvalue weighted by Crippen LogP contribution is 2.13. The summed E-state index contributed by atoms with van der Waals surface area (Å²) in [6.07, 6.45) is 1.03. The van der Waals surface area contributed by atoms with Crippen LogP contribution in [0.2, 0.25) is 0 Å². The maximum Gasteiger partial charge on any atom is 0.110 e. The summed E-state index contributed by atoms with van der Waals surface area (Å²) in [6.45, 7) is 2.46. The summed E-state index contributed by atoms with van der Waals surface area (Å²) in [5, 5.41) is 0. The van der Waals surface area contributed by atoms with E-state index in [1.54, 1.807) is 0 Å². The number of hydrogen-bond acceptors (Lipinski definition) is 1. The van der Waals surface area contributed by atoms with Crippen LogP contribution in [0.1, 0.15) is 13.8 Å². The van der Waals surface area contributed by atoms with E-state index in [9.17, 15) is 8.78 Å². The highest BCUT2D eigenvalue weighted by molar-refractivity contribution is 7.84. The van der Waals surface area contributed by atoms with E-state index < -0.39 is 11.7 Å². The molecule has 0 saturated carbocycles. The molecule has 0 aromatic rings. The van der Waals surface area contributed by atoms with Crippen LogP contribution >= 0.6 is 12.6 Å². The Morgan fingerprint density at radius 3 is 1.89 bits per heavy atom. The van der Waals surface area contributed by atoms with E-state index in [1.165, 1.54) is 13.8 Å². The molecule has 52 valence electrons. The number of allylic oxidation sites excluding steroid dienone is 3. The Morgan fingerprint density at radius 1 is 1.33 bits per heavy atom. The van der Waals surface area contributed by atoms with Gasteiger partial charge in [0.05, 0.1) is 5.83 Å². The number of hydrogen-bond donors (Lipinski definition) is 1. The first-order valence-electron chi connectivity index (χ1n) is 2.43. The molecular weight excluding hydrogens is 142 g/mol. The van der Waals surface area contributed by atoms with Crippen molar-refractivity contribution >= 4 is 12.6 Å². The normalized spacial score (nSPS) is 15.4. The molecule has 0 nitrogen and oxygen atoms in total. The second kappa shape index (κ2) is 3.67. The Hall–Kier alpha value is -0.310. The summed E-state index contributed by atoms with van der Waals surface area (Å²) in [5.41, 5.74) is 0. The Labute approximate surface area is 58.7 Å². The molecule has 0 aliphatic carbocycles. The van der Waals surface area contributed by atoms with Gasteiger partial charge < -0.3 is 0 Å². The summed E-state index contributed by atoms with van der Waals surface area (Å²) in [4.78, 5) is 0.0370. The molecule has 0 N–H and O–H groups in total. The molecular formula is C6H8F2S. The zero-order valence-electron chi connectivity index (χ0n) is 5.28. The minimum atomic E-state index is -0.477. The summed E-state index contributed by atoms with van der Waals surface area (Å²) >= 11 is 3.65. The number of halogens is 2. The SMILES string of the molecule is C/C(F)=C(S)\C=C(/C)F. The third kappa shape index (κ3) is 4.21. The summed E-state index contributed by atoms with van der Waals surface area (Å²) in [6, 6.07) is 0. The van der Waals surface area contributed by atoms with Crippen LogP contribution in [0, 0.1) is 0 Å². The van der Waals surface area contributed by atoms with Crippen molar-refractivity contribution < 1.29 is 8.78 Å². The Balaban J connectivity index is 4.25. The van der Waals surface area contributed by atoms with Crippen LogP contribution in [-0.2, 0) is 0 Å². The Kier molecular flexibility index (Phi) is 3.54. The van der Waals surface area contributed by atoms with Crippen molar-refractivity contribution in [3.8, 4) is 0 Å². The van der Waals surface area contributed by atoms with Crippen LogP contribution in [0.4, 0.5) is 8.78 Å². The highest BCUT2D eigenvalue weighted by atomic mass is 32.1. The smallest absolute Gasteiger partial charge is 0.110 e. The van der Waals surface area contributed by atoms with Crippen LogP contribution in [0.5, 0.6) is 0 Å². The van der Waals surface area contributed by atoms with E-state index in [0.29, 0.717) is 0 Å². The van der Waals surface area contributed by atoms with Gasteiger partial charge in [-0.05, 0) is 19.9 Å². The lowest BCUT2D eigenvalue weighted by molar-refractivity contribution is 0.627. The van der Waals surface area contributed by atoms with Gasteiger partial charge >= 0.3 is 0 Å². The van der Waals surface area contributed by atoms with Crippen molar-refractivity contribution in [3.05, 3.63) is 22.6 Å². The average Bonchev–Trinajstić information content (AvgIpc) is 1.63. The molecule has 0 aliphatic heterocycles. The van der Waals surface area contributed by atoms with Crippen LogP contribution in [0.25, 0.3) is 0 Å². The first-order chi connectivity index (χ1) is 4.04. The minimum absolute atomic E-state index is 0.0370. The van der Waals surface area contributed by atoms with Gasteiger partial charge in [-0.2, -0.15) is 0 Å². The molecule has 0 amide bonds. The van der Waals surface area contributed by atoms with Crippen molar-refractivity contribution in [1.29, 1.82) is 0 Å². The van der Waals surface area contributed by atoms with E-state index in [2.05, 4.69) is 12.6 Å². The number of thiol groups is 1. The zero-order chi connectivity index (χ0) is 7.44. The average molecular weight is 150 g/mol. The van der Waals surface area contributed by atoms with Gasteiger partial charge in [0.2, 0.25) is 0 Å². The van der Waals surface area contributed by atoms with Gasteiger partial charge in [-0.1, -0.05) is 0 Å². The summed E-state index contributed by atoms with van der Waals surface area (Å²) in [5.74, 6) is -0.924. The van der Waals surface area contributed by atoms with Crippen molar-refractivity contribution in [2.75, 3.05) is 0 Å². The lowest BCUT2D eigenvalue weighted by atomic mass is 10.4. The van der Waals surface area contributed by atoms with E-state index in [0.717, 1.165) is 6.08 Å². The van der Waals surface area contributed by atoms with Gasteiger partial charge in [0.15, 0.2) is 0 Å². The molecule has 0 fully saturated rings. The molecule has 0 heterocycles. The molecule has 0 aromatic carbocycles. The van der Waals surface area contributed by atoms with E-state index >= 15 is 0 Å². The van der Waals surface area contributed by atoms with Gasteiger partial charge in [0, 0.05) is 4.91 Å². The number of rotatable bonds is 1. The van der Waals surface area contributed by atoms with Gasteiger partial charge in [-0.25, -0.2) is 8.78 Å². The Morgan fingerprint density at radius 2 is 1.78 bits per heavy atom. The Bertz CT molecular complexity index is 150. The quantitative estimate of drug-likeness (QED) is 0.431. The van der Waals surface area contributed by atoms with E-state index in [1.807, 2.05) is 0 Å². The van der Waals surface area contributed by atoms with Gasteiger partial charge in [0.25, 0.3) is 0 Å². The van der Waals surface area contributed by atoms with Crippen LogP contribution in [-0.4, -0.2) is 0 Å². The fraction of sp³-hybridized carbons (Fsp3) is 0.333. The molecule has 0 bridgehead atoms. The predicted molar refractivity (Wildman–Crippen MR) is 37.7 cm³/mol. The first-order valence-corrected chi connectivity index (χ1v) is 2.88. The molecule has 0 radical (unpaired) electrons. The lowest BCUT2D eigenvalue weighted by Gasteiger charge is -1.89. The minimum Gasteiger partial charge on any atom is -0.212 e. The molecule has 0 aromatic heterocycles. The van der Waals surface area contributed by atoms with Crippen LogP contribution < -0.4 is 0 Å². The summed E-state index contributed by atoms with van der Waals surface area (Å²) in [7, 11) is 0. The first kappa shape index (κ1) is 8.69. The molecule has 0 spiro atoms. The fourth-order valence-corrected chi connectivity index (χ4v) is 0.466. The molecule has 3 heteroatoms. The lowest BCUT2D eigenvalue weighted by Crippen LogP contribution is -1.69. The van der Waals surface area contributed by atoms with E-state index in [-0.39, 0.29) is 4.91 Å². The van der Waals surface area contributed by atoms with Crippen molar-refractivity contribution in [2.24, 2.45) is 0 Å². The molecule has 0 atom stereocenters. The third-order valence-corrected chi connectivity index (χ3v) is 1.13. The van der Waals surface area contributed by atoms with E-state index in [4.69, 9.17) is 0 Å². The third-order valence-electron chi connectivity index (χ3n) is 0.689. The molecule has 0 unspecified atom stereocenters. The van der Waals surface area contributed by atoms with Crippen LogP contribution in [0.3, 0.4) is 0 Å². The van der Waals surface area contributed by atoms with Crippen molar-refractivity contribution in [1.82, 2.24) is 0 Å².